The standard InChI is InChI=1S/C22H22BrN5OS/c1-15(2)13-28-21(18-8-10-19(23)11-9-18)26-27-22(28)30-14-20(29)25-24-12-17-6-4-16(3)5-7-17/h4-12H,1,13-14H2,2-3H3,(H,25,29). The first kappa shape index (κ1) is 22.0. The van der Waals surface area contributed by atoms with E-state index in [1.807, 2.05) is 66.9 Å². The number of hydrogen-bond donors (Lipinski definition) is 1. The fourth-order valence-corrected chi connectivity index (χ4v) is 3.61. The fraction of sp³-hybridized carbons (Fsp3) is 0.182. The molecule has 30 heavy (non-hydrogen) atoms. The van der Waals surface area contributed by atoms with Gasteiger partial charge in [-0.15, -0.1) is 10.2 Å². The lowest BCUT2D eigenvalue weighted by atomic mass is 10.2. The topological polar surface area (TPSA) is 72.2 Å². The molecule has 2 aromatic carbocycles. The third-order valence-electron chi connectivity index (χ3n) is 4.06. The van der Waals surface area contributed by atoms with Crippen molar-refractivity contribution in [3.05, 3.63) is 76.3 Å². The molecule has 3 aromatic rings. The summed E-state index contributed by atoms with van der Waals surface area (Å²) in [7, 11) is 0. The molecule has 0 unspecified atom stereocenters. The molecule has 1 heterocycles. The molecule has 8 heteroatoms. The Morgan fingerprint density at radius 2 is 1.90 bits per heavy atom. The van der Waals surface area contributed by atoms with Crippen molar-refractivity contribution >= 4 is 39.8 Å². The molecule has 0 atom stereocenters. The van der Waals surface area contributed by atoms with Gasteiger partial charge >= 0.3 is 0 Å². The van der Waals surface area contributed by atoms with Gasteiger partial charge in [-0.05, 0) is 31.5 Å². The highest BCUT2D eigenvalue weighted by Gasteiger charge is 2.15. The summed E-state index contributed by atoms with van der Waals surface area (Å²) in [6.45, 7) is 8.55. The van der Waals surface area contributed by atoms with Gasteiger partial charge in [0.25, 0.3) is 5.91 Å². The number of carbonyl (C=O) groups is 1. The van der Waals surface area contributed by atoms with E-state index in [1.165, 1.54) is 17.3 Å². The number of nitrogens with one attached hydrogen (secondary N) is 1. The predicted molar refractivity (Wildman–Crippen MR) is 126 cm³/mol. The molecule has 0 fully saturated rings. The Labute approximate surface area is 188 Å². The Balaban J connectivity index is 1.65. The molecular formula is C22H22BrN5OS. The molecule has 1 aromatic heterocycles. The highest BCUT2D eigenvalue weighted by Crippen LogP contribution is 2.26. The number of thioether (sulfide) groups is 1. The summed E-state index contributed by atoms with van der Waals surface area (Å²) in [5.41, 5.74) is 6.57. The molecule has 1 amide bonds. The largest absolute Gasteiger partial charge is 0.298 e. The van der Waals surface area contributed by atoms with E-state index in [-0.39, 0.29) is 11.7 Å². The van der Waals surface area contributed by atoms with Crippen molar-refractivity contribution < 1.29 is 4.79 Å². The van der Waals surface area contributed by atoms with Gasteiger partial charge in [-0.25, -0.2) is 5.43 Å². The number of nitrogens with zero attached hydrogens (tertiary/aromatic N) is 4. The van der Waals surface area contributed by atoms with Crippen LogP contribution >= 0.6 is 27.7 Å². The Kier molecular flexibility index (Phi) is 7.59. The lowest BCUT2D eigenvalue weighted by Gasteiger charge is -2.10. The number of hydrogen-bond acceptors (Lipinski definition) is 5. The molecule has 0 bridgehead atoms. The van der Waals surface area contributed by atoms with Gasteiger partial charge in [-0.2, -0.15) is 5.10 Å². The van der Waals surface area contributed by atoms with Crippen LogP contribution in [0, 0.1) is 6.92 Å². The van der Waals surface area contributed by atoms with E-state index in [1.54, 1.807) is 6.21 Å². The van der Waals surface area contributed by atoms with E-state index in [2.05, 4.69) is 43.2 Å². The summed E-state index contributed by atoms with van der Waals surface area (Å²) < 4.78 is 2.97. The van der Waals surface area contributed by atoms with Crippen LogP contribution in [0.15, 0.2) is 75.4 Å². The minimum absolute atomic E-state index is 0.180. The first-order valence-corrected chi connectivity index (χ1v) is 11.0. The second-order valence-corrected chi connectivity index (χ2v) is 8.71. The first-order valence-electron chi connectivity index (χ1n) is 9.27. The minimum atomic E-state index is -0.210. The van der Waals surface area contributed by atoms with Crippen LogP contribution in [0.5, 0.6) is 0 Å². The zero-order valence-electron chi connectivity index (χ0n) is 16.8. The van der Waals surface area contributed by atoms with Crippen LogP contribution < -0.4 is 5.43 Å². The van der Waals surface area contributed by atoms with Crippen LogP contribution in [0.1, 0.15) is 18.1 Å². The summed E-state index contributed by atoms with van der Waals surface area (Å²) in [5, 5.41) is 13.3. The number of amides is 1. The summed E-state index contributed by atoms with van der Waals surface area (Å²) in [5.74, 6) is 0.712. The number of hydrazone groups is 1. The van der Waals surface area contributed by atoms with Crippen molar-refractivity contribution in [2.75, 3.05) is 5.75 Å². The molecule has 0 aliphatic heterocycles. The molecule has 0 spiro atoms. The van der Waals surface area contributed by atoms with E-state index in [9.17, 15) is 4.79 Å². The van der Waals surface area contributed by atoms with Crippen molar-refractivity contribution in [2.45, 2.75) is 25.5 Å². The molecular weight excluding hydrogens is 462 g/mol. The molecule has 1 N–H and O–H groups in total. The smallest absolute Gasteiger partial charge is 0.250 e. The molecule has 0 saturated heterocycles. The molecule has 6 nitrogen and oxygen atoms in total. The number of allylic oxidation sites excluding steroid dienone is 1. The normalized spacial score (nSPS) is 11.0. The van der Waals surface area contributed by atoms with Crippen LogP contribution in [0.25, 0.3) is 11.4 Å². The van der Waals surface area contributed by atoms with Gasteiger partial charge in [0.15, 0.2) is 11.0 Å². The van der Waals surface area contributed by atoms with Crippen molar-refractivity contribution in [1.82, 2.24) is 20.2 Å². The number of halogens is 1. The zero-order chi connectivity index (χ0) is 21.5. The lowest BCUT2D eigenvalue weighted by molar-refractivity contribution is -0.118. The highest BCUT2D eigenvalue weighted by atomic mass is 79.9. The maximum atomic E-state index is 12.2. The Hall–Kier alpha value is -2.71. The van der Waals surface area contributed by atoms with Gasteiger partial charge in [-0.1, -0.05) is 81.8 Å². The lowest BCUT2D eigenvalue weighted by Crippen LogP contribution is -2.20. The van der Waals surface area contributed by atoms with E-state index in [0.717, 1.165) is 27.0 Å². The first-order chi connectivity index (χ1) is 14.4. The van der Waals surface area contributed by atoms with E-state index >= 15 is 0 Å². The third-order valence-corrected chi connectivity index (χ3v) is 5.56. The van der Waals surface area contributed by atoms with E-state index < -0.39 is 0 Å². The number of aryl methyl sites for hydroxylation is 1. The quantitative estimate of drug-likeness (QED) is 0.215. The van der Waals surface area contributed by atoms with Crippen LogP contribution in [0.4, 0.5) is 0 Å². The molecule has 0 saturated carbocycles. The van der Waals surface area contributed by atoms with Gasteiger partial charge in [0.05, 0.1) is 12.0 Å². The SMILES string of the molecule is C=C(C)Cn1c(SCC(=O)NN=Cc2ccc(C)cc2)nnc1-c1ccc(Br)cc1. The van der Waals surface area contributed by atoms with Crippen molar-refractivity contribution in [3.8, 4) is 11.4 Å². The van der Waals surface area contributed by atoms with Gasteiger partial charge in [-0.3, -0.25) is 9.36 Å². The fourth-order valence-electron chi connectivity index (χ4n) is 2.61. The zero-order valence-corrected chi connectivity index (χ0v) is 19.2. The molecule has 3 rings (SSSR count). The third kappa shape index (κ3) is 6.14. The van der Waals surface area contributed by atoms with Gasteiger partial charge < -0.3 is 0 Å². The van der Waals surface area contributed by atoms with Crippen molar-refractivity contribution in [3.63, 3.8) is 0 Å². The van der Waals surface area contributed by atoms with E-state index in [0.29, 0.717) is 11.7 Å². The number of carbonyl (C=O) groups excluding carboxylic acids is 1. The second kappa shape index (κ2) is 10.4. The maximum Gasteiger partial charge on any atom is 0.250 e. The number of rotatable bonds is 8. The summed E-state index contributed by atoms with van der Waals surface area (Å²) in [4.78, 5) is 12.2. The average Bonchev–Trinajstić information content (AvgIpc) is 3.10. The van der Waals surface area contributed by atoms with Crippen LogP contribution in [-0.2, 0) is 11.3 Å². The molecule has 0 aliphatic rings. The Morgan fingerprint density at radius 3 is 2.57 bits per heavy atom. The van der Waals surface area contributed by atoms with Gasteiger partial charge in [0, 0.05) is 16.6 Å². The molecule has 0 aliphatic carbocycles. The minimum Gasteiger partial charge on any atom is -0.298 e. The summed E-state index contributed by atoms with van der Waals surface area (Å²) in [6, 6.07) is 15.8. The van der Waals surface area contributed by atoms with Crippen LogP contribution in [0.2, 0.25) is 0 Å². The van der Waals surface area contributed by atoms with Crippen molar-refractivity contribution in [1.29, 1.82) is 0 Å². The Morgan fingerprint density at radius 1 is 1.20 bits per heavy atom. The highest BCUT2D eigenvalue weighted by molar-refractivity contribution is 9.10. The monoisotopic (exact) mass is 483 g/mol. The molecule has 154 valence electrons. The van der Waals surface area contributed by atoms with Crippen LogP contribution in [-0.4, -0.2) is 32.6 Å². The average molecular weight is 484 g/mol. The summed E-state index contributed by atoms with van der Waals surface area (Å²) >= 11 is 4.76. The predicted octanol–water partition coefficient (Wildman–Crippen LogP) is 4.83. The number of benzene rings is 2. The van der Waals surface area contributed by atoms with Crippen LogP contribution in [0.3, 0.4) is 0 Å². The maximum absolute atomic E-state index is 12.2. The second-order valence-electron chi connectivity index (χ2n) is 6.85. The van der Waals surface area contributed by atoms with E-state index in [4.69, 9.17) is 0 Å². The van der Waals surface area contributed by atoms with Crippen molar-refractivity contribution in [2.24, 2.45) is 5.10 Å². The molecule has 0 radical (unpaired) electrons. The van der Waals surface area contributed by atoms with Gasteiger partial charge in [0.1, 0.15) is 0 Å². The van der Waals surface area contributed by atoms with Gasteiger partial charge in [0.2, 0.25) is 0 Å². The number of aromatic nitrogens is 3. The Bertz CT molecular complexity index is 1060. The summed E-state index contributed by atoms with van der Waals surface area (Å²) in [6.07, 6.45) is 1.62.